The number of rotatable bonds is 3. The number of benzene rings is 1. The molecule has 1 saturated heterocycles. The van der Waals surface area contributed by atoms with Gasteiger partial charge in [0.05, 0.1) is 12.6 Å². The fourth-order valence-electron chi connectivity index (χ4n) is 2.38. The lowest BCUT2D eigenvalue weighted by molar-refractivity contribution is 0.564. The summed E-state index contributed by atoms with van der Waals surface area (Å²) in [4.78, 5) is 0. The molecule has 6 heteroatoms. The lowest BCUT2D eigenvalue weighted by Gasteiger charge is -2.12. The zero-order valence-electron chi connectivity index (χ0n) is 10.3. The van der Waals surface area contributed by atoms with Gasteiger partial charge in [-0.2, -0.15) is 0 Å². The third kappa shape index (κ3) is 2.76. The highest BCUT2D eigenvalue weighted by Gasteiger charge is 2.23. The van der Waals surface area contributed by atoms with Crippen LogP contribution in [0.2, 0.25) is 10.3 Å². The molecule has 4 nitrogen and oxygen atoms in total. The second-order valence-electron chi connectivity index (χ2n) is 4.69. The van der Waals surface area contributed by atoms with Crippen LogP contribution in [-0.4, -0.2) is 21.3 Å². The van der Waals surface area contributed by atoms with Gasteiger partial charge in [-0.1, -0.05) is 23.7 Å². The van der Waals surface area contributed by atoms with E-state index in [1.807, 2.05) is 28.8 Å². The van der Waals surface area contributed by atoms with Crippen LogP contribution < -0.4 is 5.32 Å². The van der Waals surface area contributed by atoms with Gasteiger partial charge in [0.1, 0.15) is 0 Å². The van der Waals surface area contributed by atoms with E-state index in [2.05, 4.69) is 15.5 Å². The molecule has 0 amide bonds. The zero-order valence-corrected chi connectivity index (χ0v) is 11.8. The molecule has 1 fully saturated rings. The van der Waals surface area contributed by atoms with Crippen LogP contribution in [0.25, 0.3) is 0 Å². The molecule has 19 heavy (non-hydrogen) atoms. The summed E-state index contributed by atoms with van der Waals surface area (Å²) in [7, 11) is 0. The van der Waals surface area contributed by atoms with Gasteiger partial charge in [0.25, 0.3) is 0 Å². The molecule has 2 aromatic rings. The second kappa shape index (κ2) is 5.49. The third-order valence-electron chi connectivity index (χ3n) is 3.36. The minimum Gasteiger partial charge on any atom is -0.307 e. The molecule has 1 atom stereocenters. The van der Waals surface area contributed by atoms with Crippen LogP contribution in [0.15, 0.2) is 24.3 Å². The Morgan fingerprint density at radius 2 is 2.00 bits per heavy atom. The fraction of sp³-hybridized carbons (Fsp3) is 0.385. The molecule has 1 unspecified atom stereocenters. The number of nitrogens with zero attached hydrogens (tertiary/aromatic N) is 3. The quantitative estimate of drug-likeness (QED) is 0.947. The zero-order chi connectivity index (χ0) is 13.2. The number of nitrogens with one attached hydrogen (secondary N) is 1. The highest BCUT2D eigenvalue weighted by molar-refractivity contribution is 6.30. The first-order valence-corrected chi connectivity index (χ1v) is 7.06. The molecular weight excluding hydrogens is 283 g/mol. The Labute approximate surface area is 121 Å². The average Bonchev–Trinajstić information content (AvgIpc) is 3.03. The standard InChI is InChI=1S/C13H14Cl2N4/c14-10-5-3-9(4-6-10)8-19-12(17-18-13(19)15)11-2-1-7-16-11/h3-6,11,16H,1-2,7-8H2. The molecule has 0 radical (unpaired) electrons. The van der Waals surface area contributed by atoms with E-state index in [-0.39, 0.29) is 6.04 Å². The fourth-order valence-corrected chi connectivity index (χ4v) is 2.69. The van der Waals surface area contributed by atoms with Gasteiger partial charge in [-0.15, -0.1) is 10.2 Å². The Morgan fingerprint density at radius 1 is 1.21 bits per heavy atom. The van der Waals surface area contributed by atoms with Crippen LogP contribution in [-0.2, 0) is 6.54 Å². The molecule has 100 valence electrons. The van der Waals surface area contributed by atoms with Crippen molar-refractivity contribution in [1.29, 1.82) is 0 Å². The summed E-state index contributed by atoms with van der Waals surface area (Å²) in [6, 6.07) is 7.99. The van der Waals surface area contributed by atoms with Crippen LogP contribution in [0.1, 0.15) is 30.3 Å². The van der Waals surface area contributed by atoms with Crippen LogP contribution in [0, 0.1) is 0 Å². The van der Waals surface area contributed by atoms with Gasteiger partial charge in [-0.3, -0.25) is 4.57 Å². The number of hydrogen-bond acceptors (Lipinski definition) is 3. The minimum absolute atomic E-state index is 0.257. The summed E-state index contributed by atoms with van der Waals surface area (Å²) in [6.45, 7) is 1.69. The topological polar surface area (TPSA) is 42.7 Å². The Bertz CT molecular complexity index is 559. The van der Waals surface area contributed by atoms with Crippen molar-refractivity contribution in [2.75, 3.05) is 6.54 Å². The van der Waals surface area contributed by atoms with Gasteiger partial charge in [0.15, 0.2) is 5.82 Å². The first kappa shape index (κ1) is 12.9. The smallest absolute Gasteiger partial charge is 0.225 e. The predicted molar refractivity (Wildman–Crippen MR) is 75.6 cm³/mol. The van der Waals surface area contributed by atoms with Crippen LogP contribution >= 0.6 is 23.2 Å². The highest BCUT2D eigenvalue weighted by Crippen LogP contribution is 2.24. The first-order chi connectivity index (χ1) is 9.24. The van der Waals surface area contributed by atoms with Crippen molar-refractivity contribution in [2.24, 2.45) is 0 Å². The molecule has 1 aliphatic rings. The Kier molecular flexibility index (Phi) is 3.73. The Morgan fingerprint density at radius 3 is 2.68 bits per heavy atom. The van der Waals surface area contributed by atoms with E-state index in [9.17, 15) is 0 Å². The number of hydrogen-bond donors (Lipinski definition) is 1. The lowest BCUT2D eigenvalue weighted by atomic mass is 10.2. The van der Waals surface area contributed by atoms with Crippen molar-refractivity contribution in [3.8, 4) is 0 Å². The molecule has 0 aliphatic carbocycles. The van der Waals surface area contributed by atoms with Crippen molar-refractivity contribution in [3.63, 3.8) is 0 Å². The summed E-state index contributed by atoms with van der Waals surface area (Å²) < 4.78 is 1.95. The van der Waals surface area contributed by atoms with Crippen LogP contribution in [0.3, 0.4) is 0 Å². The van der Waals surface area contributed by atoms with Crippen molar-refractivity contribution < 1.29 is 0 Å². The SMILES string of the molecule is Clc1ccc(Cn2c(Cl)nnc2C2CCCN2)cc1. The molecular formula is C13H14Cl2N4. The van der Waals surface area contributed by atoms with Gasteiger partial charge in [0.2, 0.25) is 5.28 Å². The van der Waals surface area contributed by atoms with Crippen LogP contribution in [0.4, 0.5) is 0 Å². The van der Waals surface area contributed by atoms with Gasteiger partial charge < -0.3 is 5.32 Å². The van der Waals surface area contributed by atoms with E-state index < -0.39 is 0 Å². The van der Waals surface area contributed by atoms with Crippen molar-refractivity contribution in [1.82, 2.24) is 20.1 Å². The van der Waals surface area contributed by atoms with E-state index in [1.165, 1.54) is 0 Å². The molecule has 0 saturated carbocycles. The molecule has 1 aromatic carbocycles. The van der Waals surface area contributed by atoms with E-state index in [1.54, 1.807) is 0 Å². The summed E-state index contributed by atoms with van der Waals surface area (Å²) in [5.74, 6) is 0.914. The van der Waals surface area contributed by atoms with Gasteiger partial charge in [-0.25, -0.2) is 0 Å². The molecule has 1 aliphatic heterocycles. The number of aromatic nitrogens is 3. The van der Waals surface area contributed by atoms with Crippen LogP contribution in [0.5, 0.6) is 0 Å². The summed E-state index contributed by atoms with van der Waals surface area (Å²) >= 11 is 12.0. The molecule has 2 heterocycles. The molecule has 1 N–H and O–H groups in total. The monoisotopic (exact) mass is 296 g/mol. The van der Waals surface area contributed by atoms with Gasteiger partial charge in [0, 0.05) is 5.02 Å². The molecule has 0 spiro atoms. The maximum absolute atomic E-state index is 6.14. The normalized spacial score (nSPS) is 18.9. The minimum atomic E-state index is 0.257. The van der Waals surface area contributed by atoms with E-state index in [0.29, 0.717) is 11.8 Å². The maximum Gasteiger partial charge on any atom is 0.225 e. The largest absolute Gasteiger partial charge is 0.307 e. The molecule has 3 rings (SSSR count). The molecule has 0 bridgehead atoms. The summed E-state index contributed by atoms with van der Waals surface area (Å²) in [5, 5.41) is 12.8. The predicted octanol–water partition coefficient (Wildman–Crippen LogP) is 3.06. The summed E-state index contributed by atoms with van der Waals surface area (Å²) in [5.41, 5.74) is 1.13. The number of halogens is 2. The lowest BCUT2D eigenvalue weighted by Crippen LogP contribution is -2.18. The van der Waals surface area contributed by atoms with E-state index >= 15 is 0 Å². The average molecular weight is 297 g/mol. The molecule has 1 aromatic heterocycles. The van der Waals surface area contributed by atoms with Gasteiger partial charge >= 0.3 is 0 Å². The third-order valence-corrected chi connectivity index (χ3v) is 3.89. The second-order valence-corrected chi connectivity index (χ2v) is 5.46. The van der Waals surface area contributed by atoms with Gasteiger partial charge in [-0.05, 0) is 48.7 Å². The van der Waals surface area contributed by atoms with Crippen molar-refractivity contribution in [2.45, 2.75) is 25.4 Å². The summed E-state index contributed by atoms with van der Waals surface area (Å²) in [6.07, 6.45) is 2.24. The van der Waals surface area contributed by atoms with E-state index in [4.69, 9.17) is 23.2 Å². The highest BCUT2D eigenvalue weighted by atomic mass is 35.5. The van der Waals surface area contributed by atoms with Crippen molar-refractivity contribution in [3.05, 3.63) is 46.0 Å². The van der Waals surface area contributed by atoms with E-state index in [0.717, 1.165) is 35.8 Å². The Balaban J connectivity index is 1.87. The first-order valence-electron chi connectivity index (χ1n) is 6.30. The maximum atomic E-state index is 6.14. The van der Waals surface area contributed by atoms with Crippen molar-refractivity contribution >= 4 is 23.2 Å². The Hall–Kier alpha value is -1.10.